The largest absolute Gasteiger partial charge is 0.486 e. The van der Waals surface area contributed by atoms with Crippen LogP contribution in [0.25, 0.3) is 0 Å². The van der Waals surface area contributed by atoms with E-state index in [0.717, 1.165) is 10.9 Å². The lowest BCUT2D eigenvalue weighted by Gasteiger charge is -2.16. The van der Waals surface area contributed by atoms with Crippen LogP contribution in [0.15, 0.2) is 0 Å². The van der Waals surface area contributed by atoms with Crippen molar-refractivity contribution in [1.82, 2.24) is 0 Å². The van der Waals surface area contributed by atoms with E-state index in [1.54, 1.807) is 0 Å². The molecular weight excluding hydrogens is 260 g/mol. The molecular formula is C14H22N2O2S. The highest BCUT2D eigenvalue weighted by Gasteiger charge is 2.30. The van der Waals surface area contributed by atoms with Crippen molar-refractivity contribution in [3.63, 3.8) is 0 Å². The van der Waals surface area contributed by atoms with Crippen molar-refractivity contribution in [2.45, 2.75) is 52.7 Å². The molecule has 3 N–H and O–H groups in total. The molecule has 0 radical (unpaired) electrons. The van der Waals surface area contributed by atoms with Crippen LogP contribution in [0.5, 0.6) is 5.75 Å². The third-order valence-corrected chi connectivity index (χ3v) is 4.48. The first-order valence-electron chi connectivity index (χ1n) is 6.76. The third kappa shape index (κ3) is 3.21. The topological polar surface area (TPSA) is 64.3 Å². The van der Waals surface area contributed by atoms with E-state index in [4.69, 9.17) is 10.5 Å². The van der Waals surface area contributed by atoms with Crippen LogP contribution in [0.3, 0.4) is 0 Å². The summed E-state index contributed by atoms with van der Waals surface area (Å²) in [6.45, 7) is 7.62. The molecule has 1 aliphatic rings. The lowest BCUT2D eigenvalue weighted by atomic mass is 10.2. The SMILES string of the molecule is CC(=O)c1sc(NC(C)C2CC2)c(OC(C)C)c1N. The number of nitrogens with one attached hydrogen (secondary N) is 1. The fraction of sp³-hybridized carbons (Fsp3) is 0.643. The second kappa shape index (κ2) is 5.41. The number of thiophene rings is 1. The molecule has 0 aliphatic heterocycles. The molecule has 19 heavy (non-hydrogen) atoms. The quantitative estimate of drug-likeness (QED) is 0.783. The number of Topliss-reactive ketones (excluding diaryl/α,β-unsaturated/α-hetero) is 1. The van der Waals surface area contributed by atoms with Crippen molar-refractivity contribution in [2.24, 2.45) is 5.92 Å². The normalized spacial score (nSPS) is 16.5. The van der Waals surface area contributed by atoms with Crippen LogP contribution in [0.1, 0.15) is 50.2 Å². The average Bonchev–Trinajstić information content (AvgIpc) is 3.10. The molecule has 0 bridgehead atoms. The van der Waals surface area contributed by atoms with Gasteiger partial charge < -0.3 is 15.8 Å². The molecule has 0 amide bonds. The Morgan fingerprint density at radius 3 is 2.53 bits per heavy atom. The molecule has 1 heterocycles. The Morgan fingerprint density at radius 2 is 2.05 bits per heavy atom. The van der Waals surface area contributed by atoms with Crippen LogP contribution in [-0.2, 0) is 0 Å². The van der Waals surface area contributed by atoms with Crippen molar-refractivity contribution >= 4 is 27.8 Å². The fourth-order valence-electron chi connectivity index (χ4n) is 2.06. The second-order valence-electron chi connectivity index (χ2n) is 5.50. The van der Waals surface area contributed by atoms with Gasteiger partial charge in [-0.15, -0.1) is 11.3 Å². The van der Waals surface area contributed by atoms with Gasteiger partial charge in [-0.2, -0.15) is 0 Å². The number of ether oxygens (including phenoxy) is 1. The minimum Gasteiger partial charge on any atom is -0.486 e. The summed E-state index contributed by atoms with van der Waals surface area (Å²) in [4.78, 5) is 12.2. The van der Waals surface area contributed by atoms with Gasteiger partial charge in [-0.3, -0.25) is 4.79 Å². The Balaban J connectivity index is 2.27. The van der Waals surface area contributed by atoms with Crippen molar-refractivity contribution < 1.29 is 9.53 Å². The number of anilines is 2. The van der Waals surface area contributed by atoms with Gasteiger partial charge in [0.15, 0.2) is 11.5 Å². The van der Waals surface area contributed by atoms with E-state index in [9.17, 15) is 4.79 Å². The highest BCUT2D eigenvalue weighted by Crippen LogP contribution is 2.45. The monoisotopic (exact) mass is 282 g/mol. The second-order valence-corrected chi connectivity index (χ2v) is 6.52. The minimum absolute atomic E-state index is 0.0109. The number of rotatable bonds is 6. The van der Waals surface area contributed by atoms with Gasteiger partial charge in [0, 0.05) is 13.0 Å². The Hall–Kier alpha value is -1.23. The molecule has 2 rings (SSSR count). The van der Waals surface area contributed by atoms with Crippen LogP contribution in [0.4, 0.5) is 10.7 Å². The van der Waals surface area contributed by atoms with Crippen LogP contribution in [-0.4, -0.2) is 17.9 Å². The fourth-order valence-corrected chi connectivity index (χ4v) is 3.10. The summed E-state index contributed by atoms with van der Waals surface area (Å²) in [5, 5.41) is 4.34. The first kappa shape index (κ1) is 14.2. The number of ketones is 1. The van der Waals surface area contributed by atoms with E-state index < -0.39 is 0 Å². The highest BCUT2D eigenvalue weighted by molar-refractivity contribution is 7.19. The molecule has 1 fully saturated rings. The summed E-state index contributed by atoms with van der Waals surface area (Å²) in [5.74, 6) is 1.36. The van der Waals surface area contributed by atoms with Gasteiger partial charge in [-0.25, -0.2) is 0 Å². The number of nitrogens with two attached hydrogens (primary N) is 1. The molecule has 1 saturated carbocycles. The molecule has 1 unspecified atom stereocenters. The number of carbonyl (C=O) groups is 1. The van der Waals surface area contributed by atoms with Crippen molar-refractivity contribution in [1.29, 1.82) is 0 Å². The molecule has 106 valence electrons. The average molecular weight is 282 g/mol. The molecule has 1 atom stereocenters. The lowest BCUT2D eigenvalue weighted by Crippen LogP contribution is -2.17. The maximum atomic E-state index is 11.6. The molecule has 1 aromatic heterocycles. The zero-order valence-electron chi connectivity index (χ0n) is 11.9. The van der Waals surface area contributed by atoms with Crippen LogP contribution < -0.4 is 15.8 Å². The number of hydrogen-bond acceptors (Lipinski definition) is 5. The smallest absolute Gasteiger partial charge is 0.177 e. The first-order valence-corrected chi connectivity index (χ1v) is 7.58. The van der Waals surface area contributed by atoms with Gasteiger partial charge in [0.05, 0.1) is 16.7 Å². The summed E-state index contributed by atoms with van der Waals surface area (Å²) in [6, 6.07) is 0.396. The van der Waals surface area contributed by atoms with Gasteiger partial charge in [-0.1, -0.05) is 0 Å². The van der Waals surface area contributed by atoms with Crippen molar-refractivity contribution in [2.75, 3.05) is 11.1 Å². The summed E-state index contributed by atoms with van der Waals surface area (Å²) in [6.07, 6.45) is 2.58. The molecule has 0 spiro atoms. The maximum Gasteiger partial charge on any atom is 0.177 e. The van der Waals surface area contributed by atoms with Gasteiger partial charge in [0.1, 0.15) is 5.00 Å². The Kier molecular flexibility index (Phi) is 4.04. The Bertz CT molecular complexity index is 478. The van der Waals surface area contributed by atoms with E-state index in [0.29, 0.717) is 22.4 Å². The van der Waals surface area contributed by atoms with Crippen molar-refractivity contribution in [3.8, 4) is 5.75 Å². The molecule has 1 aliphatic carbocycles. The van der Waals surface area contributed by atoms with Gasteiger partial charge in [0.2, 0.25) is 0 Å². The van der Waals surface area contributed by atoms with E-state index >= 15 is 0 Å². The first-order chi connectivity index (χ1) is 8.90. The maximum absolute atomic E-state index is 11.6. The van der Waals surface area contributed by atoms with E-state index in [1.165, 1.54) is 31.1 Å². The highest BCUT2D eigenvalue weighted by atomic mass is 32.1. The van der Waals surface area contributed by atoms with Crippen LogP contribution in [0, 0.1) is 5.92 Å². The van der Waals surface area contributed by atoms with Crippen molar-refractivity contribution in [3.05, 3.63) is 4.88 Å². The zero-order chi connectivity index (χ0) is 14.2. The zero-order valence-corrected chi connectivity index (χ0v) is 12.8. The summed E-state index contributed by atoms with van der Waals surface area (Å²) in [5.41, 5.74) is 6.51. The summed E-state index contributed by atoms with van der Waals surface area (Å²) in [7, 11) is 0. The Morgan fingerprint density at radius 1 is 1.42 bits per heavy atom. The number of nitrogen functional groups attached to an aromatic ring is 1. The number of carbonyl (C=O) groups excluding carboxylic acids is 1. The Labute approximate surface area is 118 Å². The van der Waals surface area contributed by atoms with E-state index in [-0.39, 0.29) is 11.9 Å². The lowest BCUT2D eigenvalue weighted by molar-refractivity contribution is 0.102. The van der Waals surface area contributed by atoms with E-state index in [2.05, 4.69) is 12.2 Å². The van der Waals surface area contributed by atoms with Crippen LogP contribution >= 0.6 is 11.3 Å². The summed E-state index contributed by atoms with van der Waals surface area (Å²) >= 11 is 1.40. The van der Waals surface area contributed by atoms with Crippen LogP contribution in [0.2, 0.25) is 0 Å². The summed E-state index contributed by atoms with van der Waals surface area (Å²) < 4.78 is 5.78. The van der Waals surface area contributed by atoms with Gasteiger partial charge in [0.25, 0.3) is 0 Å². The molecule has 1 aromatic rings. The van der Waals surface area contributed by atoms with Gasteiger partial charge in [-0.05, 0) is 39.5 Å². The third-order valence-electron chi connectivity index (χ3n) is 3.26. The molecule has 0 saturated heterocycles. The van der Waals surface area contributed by atoms with Gasteiger partial charge >= 0.3 is 0 Å². The predicted molar refractivity (Wildman–Crippen MR) is 80.3 cm³/mol. The predicted octanol–water partition coefficient (Wildman–Crippen LogP) is 3.53. The minimum atomic E-state index is -0.0109. The standard InChI is InChI=1S/C14H22N2O2S/c1-7(2)18-12-11(15)13(9(4)17)19-14(12)16-8(3)10-5-6-10/h7-8,10,16H,5-6,15H2,1-4H3. The number of hydrogen-bond donors (Lipinski definition) is 2. The van der Waals surface area contributed by atoms with E-state index in [1.807, 2.05) is 13.8 Å². The molecule has 0 aromatic carbocycles. The molecule has 5 heteroatoms. The molecule has 4 nitrogen and oxygen atoms in total.